The van der Waals surface area contributed by atoms with Crippen molar-refractivity contribution in [3.8, 4) is 0 Å². The number of amides is 1. The van der Waals surface area contributed by atoms with Gasteiger partial charge in [0.15, 0.2) is 0 Å². The van der Waals surface area contributed by atoms with Crippen LogP contribution in [0, 0.1) is 5.92 Å². The van der Waals surface area contributed by atoms with E-state index >= 15 is 0 Å². The zero-order valence-electron chi connectivity index (χ0n) is 9.64. The lowest BCUT2D eigenvalue weighted by Gasteiger charge is -2.24. The number of hydrogen-bond donors (Lipinski definition) is 2. The highest BCUT2D eigenvalue weighted by atomic mass is 16.6. The standard InChI is InChI=1S/C10H17NO5/c1-10(2,3)16-9(15)11-4-6(8(13)14)7(12)5-11/h6-7,12H,4-5H2,1-3H3,(H,13,14)/t6-,7+/m1/s1. The average Bonchev–Trinajstić information content (AvgIpc) is 2.44. The molecule has 1 saturated heterocycles. The number of aliphatic hydroxyl groups excluding tert-OH is 1. The largest absolute Gasteiger partial charge is 0.481 e. The predicted octanol–water partition coefficient (Wildman–Crippen LogP) is 0.299. The van der Waals surface area contributed by atoms with Crippen LogP contribution in [0.4, 0.5) is 4.79 Å². The second-order valence-corrected chi connectivity index (χ2v) is 4.90. The number of aliphatic carboxylic acids is 1. The number of carbonyl (C=O) groups excluding carboxylic acids is 1. The third-order valence-electron chi connectivity index (χ3n) is 2.26. The second-order valence-electron chi connectivity index (χ2n) is 4.90. The molecule has 1 aliphatic heterocycles. The van der Waals surface area contributed by atoms with Crippen LogP contribution in [0.2, 0.25) is 0 Å². The molecule has 0 aliphatic carbocycles. The van der Waals surface area contributed by atoms with E-state index < -0.39 is 29.7 Å². The van der Waals surface area contributed by atoms with Gasteiger partial charge >= 0.3 is 12.1 Å². The maximum absolute atomic E-state index is 11.6. The topological polar surface area (TPSA) is 87.1 Å². The number of β-amino-alcohol motifs (C(OH)–C–C–N with tert-alkyl or cyclic N) is 1. The van der Waals surface area contributed by atoms with E-state index in [0.717, 1.165) is 0 Å². The van der Waals surface area contributed by atoms with E-state index in [1.165, 1.54) is 4.90 Å². The van der Waals surface area contributed by atoms with Gasteiger partial charge in [0.2, 0.25) is 0 Å². The second kappa shape index (κ2) is 4.29. The molecule has 2 N–H and O–H groups in total. The molecule has 0 bridgehead atoms. The molecular weight excluding hydrogens is 214 g/mol. The van der Waals surface area contributed by atoms with Crippen molar-refractivity contribution < 1.29 is 24.5 Å². The Bertz CT molecular complexity index is 296. The Balaban J connectivity index is 2.58. The monoisotopic (exact) mass is 231 g/mol. The van der Waals surface area contributed by atoms with Gasteiger partial charge in [-0.3, -0.25) is 4.79 Å². The van der Waals surface area contributed by atoms with Gasteiger partial charge in [-0.2, -0.15) is 0 Å². The van der Waals surface area contributed by atoms with Crippen LogP contribution in [-0.4, -0.2) is 52.0 Å². The van der Waals surface area contributed by atoms with E-state index in [1.54, 1.807) is 20.8 Å². The first kappa shape index (κ1) is 12.8. The Morgan fingerprint density at radius 3 is 2.25 bits per heavy atom. The van der Waals surface area contributed by atoms with Crippen LogP contribution in [0.15, 0.2) is 0 Å². The maximum Gasteiger partial charge on any atom is 0.410 e. The SMILES string of the molecule is CC(C)(C)OC(=O)N1C[C@H](O)[C@H](C(=O)O)C1. The summed E-state index contributed by atoms with van der Waals surface area (Å²) in [7, 11) is 0. The molecule has 0 unspecified atom stereocenters. The normalized spacial score (nSPS) is 25.6. The Morgan fingerprint density at radius 1 is 1.31 bits per heavy atom. The summed E-state index contributed by atoms with van der Waals surface area (Å²) in [6, 6.07) is 0. The van der Waals surface area contributed by atoms with Crippen LogP contribution in [0.1, 0.15) is 20.8 Å². The summed E-state index contributed by atoms with van der Waals surface area (Å²) >= 11 is 0. The lowest BCUT2D eigenvalue weighted by atomic mass is 10.1. The number of hydrogen-bond acceptors (Lipinski definition) is 4. The molecule has 0 aromatic carbocycles. The van der Waals surface area contributed by atoms with Gasteiger partial charge in [-0.25, -0.2) is 4.79 Å². The molecule has 0 aromatic heterocycles. The van der Waals surface area contributed by atoms with Gasteiger partial charge in [0, 0.05) is 6.54 Å². The fourth-order valence-corrected chi connectivity index (χ4v) is 1.50. The van der Waals surface area contributed by atoms with Crippen LogP contribution in [-0.2, 0) is 9.53 Å². The fraction of sp³-hybridized carbons (Fsp3) is 0.800. The number of aliphatic hydroxyl groups is 1. The highest BCUT2D eigenvalue weighted by Crippen LogP contribution is 2.20. The molecular formula is C10H17NO5. The van der Waals surface area contributed by atoms with Gasteiger partial charge in [0.25, 0.3) is 0 Å². The molecule has 6 nitrogen and oxygen atoms in total. The van der Waals surface area contributed by atoms with Crippen molar-refractivity contribution in [2.24, 2.45) is 5.92 Å². The summed E-state index contributed by atoms with van der Waals surface area (Å²) in [6.45, 7) is 5.18. The summed E-state index contributed by atoms with van der Waals surface area (Å²) < 4.78 is 5.08. The molecule has 1 rings (SSSR count). The Labute approximate surface area is 93.8 Å². The predicted molar refractivity (Wildman–Crippen MR) is 54.9 cm³/mol. The molecule has 0 spiro atoms. The molecule has 1 heterocycles. The molecule has 2 atom stereocenters. The molecule has 0 radical (unpaired) electrons. The number of likely N-dealkylation sites (tertiary alicyclic amines) is 1. The molecule has 92 valence electrons. The molecule has 0 aromatic rings. The number of rotatable bonds is 1. The van der Waals surface area contributed by atoms with Crippen LogP contribution in [0.5, 0.6) is 0 Å². The number of carboxylic acid groups (broad SMARTS) is 1. The maximum atomic E-state index is 11.6. The Hall–Kier alpha value is -1.30. The minimum absolute atomic E-state index is 0.00583. The van der Waals surface area contributed by atoms with Crippen molar-refractivity contribution in [1.29, 1.82) is 0 Å². The first-order chi connectivity index (χ1) is 7.20. The third-order valence-corrected chi connectivity index (χ3v) is 2.26. The minimum atomic E-state index is -1.10. The van der Waals surface area contributed by atoms with Crippen LogP contribution >= 0.6 is 0 Å². The van der Waals surface area contributed by atoms with Gasteiger partial charge in [0.05, 0.1) is 12.6 Å². The Kier molecular flexibility index (Phi) is 3.42. The Morgan fingerprint density at radius 2 is 1.88 bits per heavy atom. The number of ether oxygens (including phenoxy) is 1. The van der Waals surface area contributed by atoms with Gasteiger partial charge in [0.1, 0.15) is 11.5 Å². The van der Waals surface area contributed by atoms with E-state index in [9.17, 15) is 14.7 Å². The summed E-state index contributed by atoms with van der Waals surface area (Å²) in [5, 5.41) is 18.2. The van der Waals surface area contributed by atoms with Crippen molar-refractivity contribution in [3.63, 3.8) is 0 Å². The minimum Gasteiger partial charge on any atom is -0.481 e. The number of carboxylic acids is 1. The number of carbonyl (C=O) groups is 2. The van der Waals surface area contributed by atoms with Crippen LogP contribution in [0.3, 0.4) is 0 Å². The van der Waals surface area contributed by atoms with Gasteiger partial charge in [-0.1, -0.05) is 0 Å². The quantitative estimate of drug-likeness (QED) is 0.677. The summed E-state index contributed by atoms with van der Waals surface area (Å²) in [6.07, 6.45) is -1.61. The van der Waals surface area contributed by atoms with Crippen LogP contribution < -0.4 is 0 Å². The molecule has 16 heavy (non-hydrogen) atoms. The lowest BCUT2D eigenvalue weighted by Crippen LogP contribution is -2.36. The fourth-order valence-electron chi connectivity index (χ4n) is 1.50. The summed E-state index contributed by atoms with van der Waals surface area (Å²) in [4.78, 5) is 23.5. The van der Waals surface area contributed by atoms with Gasteiger partial charge in [-0.15, -0.1) is 0 Å². The third kappa shape index (κ3) is 3.10. The molecule has 1 fully saturated rings. The van der Waals surface area contributed by atoms with Crippen molar-refractivity contribution in [2.75, 3.05) is 13.1 Å². The van der Waals surface area contributed by atoms with E-state index in [4.69, 9.17) is 9.84 Å². The van der Waals surface area contributed by atoms with E-state index in [0.29, 0.717) is 0 Å². The van der Waals surface area contributed by atoms with E-state index in [1.807, 2.05) is 0 Å². The van der Waals surface area contributed by atoms with E-state index in [2.05, 4.69) is 0 Å². The molecule has 1 amide bonds. The van der Waals surface area contributed by atoms with Crippen LogP contribution in [0.25, 0.3) is 0 Å². The van der Waals surface area contributed by atoms with Crippen molar-refractivity contribution >= 4 is 12.1 Å². The zero-order valence-corrected chi connectivity index (χ0v) is 9.64. The van der Waals surface area contributed by atoms with Crippen molar-refractivity contribution in [3.05, 3.63) is 0 Å². The first-order valence-electron chi connectivity index (χ1n) is 5.09. The highest BCUT2D eigenvalue weighted by Gasteiger charge is 2.40. The average molecular weight is 231 g/mol. The summed E-state index contributed by atoms with van der Waals surface area (Å²) in [5.74, 6) is -2.02. The lowest BCUT2D eigenvalue weighted by molar-refractivity contribution is -0.143. The van der Waals surface area contributed by atoms with Gasteiger partial charge in [-0.05, 0) is 20.8 Å². The van der Waals surface area contributed by atoms with Gasteiger partial charge < -0.3 is 19.8 Å². The van der Waals surface area contributed by atoms with Crippen molar-refractivity contribution in [1.82, 2.24) is 4.90 Å². The van der Waals surface area contributed by atoms with Crippen molar-refractivity contribution in [2.45, 2.75) is 32.5 Å². The zero-order chi connectivity index (χ0) is 12.5. The number of nitrogens with zero attached hydrogens (tertiary/aromatic N) is 1. The molecule has 0 saturated carbocycles. The van der Waals surface area contributed by atoms with E-state index in [-0.39, 0.29) is 13.1 Å². The highest BCUT2D eigenvalue weighted by molar-refractivity contribution is 5.75. The summed E-state index contributed by atoms with van der Waals surface area (Å²) in [5.41, 5.74) is -0.622. The molecule has 1 aliphatic rings. The first-order valence-corrected chi connectivity index (χ1v) is 5.09. The smallest absolute Gasteiger partial charge is 0.410 e. The molecule has 6 heteroatoms.